The number of aromatic nitrogens is 3. The summed E-state index contributed by atoms with van der Waals surface area (Å²) >= 11 is 1.99. The molecule has 0 bridgehead atoms. The van der Waals surface area contributed by atoms with Gasteiger partial charge >= 0.3 is 5.97 Å². The summed E-state index contributed by atoms with van der Waals surface area (Å²) in [6.07, 6.45) is 1.67. The molecule has 3 N–H and O–H groups in total. The molecule has 1 aromatic heterocycles. The van der Waals surface area contributed by atoms with E-state index in [1.54, 1.807) is 12.3 Å². The summed E-state index contributed by atoms with van der Waals surface area (Å²) in [5.74, 6) is -1.42. The summed E-state index contributed by atoms with van der Waals surface area (Å²) in [6.45, 7) is 0. The Bertz CT molecular complexity index is 616. The van der Waals surface area contributed by atoms with E-state index in [1.807, 2.05) is 22.6 Å². The van der Waals surface area contributed by atoms with Gasteiger partial charge in [0.2, 0.25) is 0 Å². The van der Waals surface area contributed by atoms with Gasteiger partial charge in [-0.2, -0.15) is 0 Å². The highest BCUT2D eigenvalue weighted by Gasteiger charge is 2.15. The van der Waals surface area contributed by atoms with Gasteiger partial charge in [-0.25, -0.2) is 9.07 Å². The maximum absolute atomic E-state index is 13.0. The minimum atomic E-state index is -1.09. The van der Waals surface area contributed by atoms with Crippen molar-refractivity contribution >= 4 is 28.6 Å². The minimum absolute atomic E-state index is 0.0904. The normalized spacial score (nSPS) is 12.4. The summed E-state index contributed by atoms with van der Waals surface area (Å²) in [6, 6.07) is 3.26. The molecule has 1 unspecified atom stereocenters. The Morgan fingerprint density at radius 2 is 2.32 bits per heavy atom. The van der Waals surface area contributed by atoms with Gasteiger partial charge in [0.1, 0.15) is 11.9 Å². The second kappa shape index (κ2) is 5.61. The van der Waals surface area contributed by atoms with Crippen molar-refractivity contribution in [2.24, 2.45) is 5.73 Å². The molecule has 100 valence electrons. The van der Waals surface area contributed by atoms with Gasteiger partial charge in [-0.15, -0.1) is 5.10 Å². The van der Waals surface area contributed by atoms with Crippen LogP contribution in [0.2, 0.25) is 0 Å². The number of rotatable bonds is 4. The molecule has 2 aromatic rings. The highest BCUT2D eigenvalue weighted by Crippen LogP contribution is 2.17. The SMILES string of the molecule is NC(Cc1cn(-c2ccc(F)cc2I)nn1)C(=O)O. The van der Waals surface area contributed by atoms with E-state index in [-0.39, 0.29) is 12.2 Å². The van der Waals surface area contributed by atoms with Crippen LogP contribution in [0.3, 0.4) is 0 Å². The highest BCUT2D eigenvalue weighted by molar-refractivity contribution is 14.1. The number of benzene rings is 1. The lowest BCUT2D eigenvalue weighted by molar-refractivity contribution is -0.138. The summed E-state index contributed by atoms with van der Waals surface area (Å²) in [7, 11) is 0. The fourth-order valence-corrected chi connectivity index (χ4v) is 2.21. The van der Waals surface area contributed by atoms with Gasteiger partial charge in [0, 0.05) is 9.99 Å². The van der Waals surface area contributed by atoms with Crippen LogP contribution < -0.4 is 5.73 Å². The van der Waals surface area contributed by atoms with Gasteiger partial charge in [-0.3, -0.25) is 4.79 Å². The predicted molar refractivity (Wildman–Crippen MR) is 73.3 cm³/mol. The molecule has 1 heterocycles. The Morgan fingerprint density at radius 3 is 2.95 bits per heavy atom. The van der Waals surface area contributed by atoms with Crippen molar-refractivity contribution in [2.75, 3.05) is 0 Å². The number of aliphatic carboxylic acids is 1. The summed E-state index contributed by atoms with van der Waals surface area (Å²) < 4.78 is 15.1. The lowest BCUT2D eigenvalue weighted by Gasteiger charge is -2.03. The molecule has 1 aromatic carbocycles. The molecule has 0 saturated heterocycles. The molecule has 8 heteroatoms. The first-order valence-electron chi connectivity index (χ1n) is 5.32. The van der Waals surface area contributed by atoms with Crippen molar-refractivity contribution in [3.8, 4) is 5.69 Å². The van der Waals surface area contributed by atoms with E-state index in [0.717, 1.165) is 0 Å². The maximum Gasteiger partial charge on any atom is 0.320 e. The van der Waals surface area contributed by atoms with Crippen LogP contribution in [0.25, 0.3) is 5.69 Å². The Morgan fingerprint density at radius 1 is 1.58 bits per heavy atom. The number of carboxylic acids is 1. The molecule has 0 radical (unpaired) electrons. The number of hydrogen-bond acceptors (Lipinski definition) is 4. The molecule has 0 fully saturated rings. The van der Waals surface area contributed by atoms with E-state index in [4.69, 9.17) is 10.8 Å². The second-order valence-electron chi connectivity index (χ2n) is 3.90. The standard InChI is InChI=1S/C11H10FIN4O2/c12-6-1-2-10(8(13)3-6)17-5-7(15-16-17)4-9(14)11(18)19/h1-3,5,9H,4,14H2,(H,18,19). The molecular formula is C11H10FIN4O2. The van der Waals surface area contributed by atoms with E-state index in [9.17, 15) is 9.18 Å². The first-order valence-corrected chi connectivity index (χ1v) is 6.40. The van der Waals surface area contributed by atoms with Crippen LogP contribution in [-0.2, 0) is 11.2 Å². The molecule has 0 aliphatic heterocycles. The van der Waals surface area contributed by atoms with Crippen LogP contribution in [0.1, 0.15) is 5.69 Å². The quantitative estimate of drug-likeness (QED) is 0.776. The molecule has 0 saturated carbocycles. The molecular weight excluding hydrogens is 366 g/mol. The van der Waals surface area contributed by atoms with Gasteiger partial charge in [-0.05, 0) is 40.8 Å². The topological polar surface area (TPSA) is 94.0 Å². The number of nitrogens with zero attached hydrogens (tertiary/aromatic N) is 3. The molecule has 6 nitrogen and oxygen atoms in total. The lowest BCUT2D eigenvalue weighted by Crippen LogP contribution is -2.32. The summed E-state index contributed by atoms with van der Waals surface area (Å²) in [5, 5.41) is 16.5. The number of hydrogen-bond donors (Lipinski definition) is 2. The molecule has 2 rings (SSSR count). The summed E-state index contributed by atoms with van der Waals surface area (Å²) in [4.78, 5) is 10.6. The van der Waals surface area contributed by atoms with E-state index in [1.165, 1.54) is 16.8 Å². The van der Waals surface area contributed by atoms with E-state index < -0.39 is 12.0 Å². The fraction of sp³-hybridized carbons (Fsp3) is 0.182. The Hall–Kier alpha value is -1.55. The zero-order chi connectivity index (χ0) is 14.0. The van der Waals surface area contributed by atoms with Gasteiger partial charge in [0.05, 0.1) is 17.6 Å². The van der Waals surface area contributed by atoms with Crippen LogP contribution in [0, 0.1) is 9.39 Å². The zero-order valence-corrected chi connectivity index (χ0v) is 11.8. The minimum Gasteiger partial charge on any atom is -0.480 e. The van der Waals surface area contributed by atoms with Crippen molar-refractivity contribution in [1.82, 2.24) is 15.0 Å². The predicted octanol–water partition coefficient (Wildman–Crippen LogP) is 0.965. The van der Waals surface area contributed by atoms with Crippen LogP contribution in [-0.4, -0.2) is 32.1 Å². The molecule has 0 spiro atoms. The number of nitrogens with two attached hydrogens (primary N) is 1. The number of carboxylic acid groups (broad SMARTS) is 1. The van der Waals surface area contributed by atoms with Crippen molar-refractivity contribution in [2.45, 2.75) is 12.5 Å². The zero-order valence-electron chi connectivity index (χ0n) is 9.62. The van der Waals surface area contributed by atoms with Crippen molar-refractivity contribution < 1.29 is 14.3 Å². The molecule has 1 atom stereocenters. The van der Waals surface area contributed by atoms with Crippen LogP contribution in [0.4, 0.5) is 4.39 Å². The average Bonchev–Trinajstić information content (AvgIpc) is 2.77. The number of halogens is 2. The van der Waals surface area contributed by atoms with E-state index in [0.29, 0.717) is 15.0 Å². The Kier molecular flexibility index (Phi) is 4.10. The van der Waals surface area contributed by atoms with Gasteiger partial charge in [0.25, 0.3) is 0 Å². The molecule has 19 heavy (non-hydrogen) atoms. The Balaban J connectivity index is 2.23. The first-order chi connectivity index (χ1) is 8.97. The van der Waals surface area contributed by atoms with Crippen molar-refractivity contribution in [3.63, 3.8) is 0 Å². The Labute approximate surface area is 121 Å². The van der Waals surface area contributed by atoms with Crippen LogP contribution in [0.5, 0.6) is 0 Å². The van der Waals surface area contributed by atoms with Crippen LogP contribution >= 0.6 is 22.6 Å². The van der Waals surface area contributed by atoms with Gasteiger partial charge < -0.3 is 10.8 Å². The van der Waals surface area contributed by atoms with Gasteiger partial charge in [-0.1, -0.05) is 5.21 Å². The largest absolute Gasteiger partial charge is 0.480 e. The molecule has 0 amide bonds. The lowest BCUT2D eigenvalue weighted by atomic mass is 10.2. The monoisotopic (exact) mass is 376 g/mol. The maximum atomic E-state index is 13.0. The summed E-state index contributed by atoms with van der Waals surface area (Å²) in [5.41, 5.74) is 6.56. The second-order valence-corrected chi connectivity index (χ2v) is 5.06. The third-order valence-electron chi connectivity index (χ3n) is 2.44. The fourth-order valence-electron chi connectivity index (χ4n) is 1.49. The third kappa shape index (κ3) is 3.26. The van der Waals surface area contributed by atoms with E-state index >= 15 is 0 Å². The number of carbonyl (C=O) groups is 1. The smallest absolute Gasteiger partial charge is 0.320 e. The third-order valence-corrected chi connectivity index (χ3v) is 3.31. The molecule has 0 aliphatic rings. The van der Waals surface area contributed by atoms with Gasteiger partial charge in [0.15, 0.2) is 0 Å². The van der Waals surface area contributed by atoms with Crippen LogP contribution in [0.15, 0.2) is 24.4 Å². The average molecular weight is 376 g/mol. The van der Waals surface area contributed by atoms with Crippen molar-refractivity contribution in [1.29, 1.82) is 0 Å². The first kappa shape index (κ1) is 13.9. The molecule has 0 aliphatic carbocycles. The van der Waals surface area contributed by atoms with E-state index in [2.05, 4.69) is 10.3 Å². The highest BCUT2D eigenvalue weighted by atomic mass is 127. The van der Waals surface area contributed by atoms with Crippen molar-refractivity contribution in [3.05, 3.63) is 39.5 Å².